The predicted molar refractivity (Wildman–Crippen MR) is 161 cm³/mol. The van der Waals surface area contributed by atoms with Gasteiger partial charge < -0.3 is 9.47 Å². The Morgan fingerprint density at radius 1 is 0.500 bits per heavy atom. The van der Waals surface area contributed by atoms with Gasteiger partial charge in [-0.2, -0.15) is 0 Å². The lowest BCUT2D eigenvalue weighted by Crippen LogP contribution is -2.14. The molecule has 0 aliphatic heterocycles. The van der Waals surface area contributed by atoms with Crippen molar-refractivity contribution < 1.29 is 9.47 Å². The van der Waals surface area contributed by atoms with Crippen LogP contribution in [0.5, 0.6) is 0 Å². The fourth-order valence-corrected chi connectivity index (χ4v) is 6.66. The molecule has 3 heteroatoms. The van der Waals surface area contributed by atoms with Crippen LogP contribution in [0.3, 0.4) is 0 Å². The van der Waals surface area contributed by atoms with Gasteiger partial charge in [-0.3, -0.25) is 0 Å². The Morgan fingerprint density at radius 3 is 1.24 bits per heavy atom. The van der Waals surface area contributed by atoms with Crippen molar-refractivity contribution in [3.05, 3.63) is 0 Å². The maximum absolute atomic E-state index is 5.61. The molecule has 0 aliphatic carbocycles. The highest BCUT2D eigenvalue weighted by atomic mass is 127. The van der Waals surface area contributed by atoms with Gasteiger partial charge in [0.2, 0.25) is 0 Å². The van der Waals surface area contributed by atoms with Gasteiger partial charge in [0, 0.05) is 13.2 Å². The minimum Gasteiger partial charge on any atom is -0.355 e. The van der Waals surface area contributed by atoms with Crippen molar-refractivity contribution in [2.45, 2.75) is 132 Å². The Balaban J connectivity index is 3.94. The normalized spacial score (nSPS) is 18.3. The van der Waals surface area contributed by atoms with E-state index in [4.69, 9.17) is 9.47 Å². The quantitative estimate of drug-likeness (QED) is 0.0479. The summed E-state index contributed by atoms with van der Waals surface area (Å²) in [5.41, 5.74) is 0. The van der Waals surface area contributed by atoms with Crippen LogP contribution in [0.2, 0.25) is 0 Å². The molecule has 0 N–H and O–H groups in total. The molecule has 0 saturated heterocycles. The topological polar surface area (TPSA) is 18.5 Å². The lowest BCUT2D eigenvalue weighted by Gasteiger charge is -2.26. The molecule has 0 bridgehead atoms. The number of unbranched alkanes of at least 4 members (excludes halogenated alkanes) is 1. The van der Waals surface area contributed by atoms with Crippen molar-refractivity contribution >= 4 is 22.6 Å². The monoisotopic (exact) mass is 594 g/mol. The molecule has 7 unspecified atom stereocenters. The Bertz CT molecular complexity index is 430. The summed E-state index contributed by atoms with van der Waals surface area (Å²) in [6.07, 6.45) is 15.9. The van der Waals surface area contributed by atoms with E-state index in [9.17, 15) is 0 Å². The number of alkyl halides is 1. The first-order valence-electron chi connectivity index (χ1n) is 14.9. The van der Waals surface area contributed by atoms with Crippen molar-refractivity contribution in [3.63, 3.8) is 0 Å². The molecule has 0 saturated carbocycles. The molecule has 0 amide bonds. The smallest absolute Gasteiger partial charge is 0.146 e. The molecule has 2 nitrogen and oxygen atoms in total. The van der Waals surface area contributed by atoms with Crippen molar-refractivity contribution in [3.8, 4) is 0 Å². The van der Waals surface area contributed by atoms with Crippen LogP contribution < -0.4 is 0 Å². The fourth-order valence-electron chi connectivity index (χ4n) is 6.22. The molecular formula is C31H63IO2. The average molecular weight is 595 g/mol. The fraction of sp³-hybridized carbons (Fsp3) is 1.00. The van der Waals surface area contributed by atoms with Gasteiger partial charge in [0.1, 0.15) is 6.79 Å². The van der Waals surface area contributed by atoms with Crippen molar-refractivity contribution in [2.75, 3.05) is 24.4 Å². The standard InChI is InChI=1S/C31H63IO2/c1-9-10-16-33-24-34-17-12-14-26(3)19-28(5)21-30(7)23-31(8)22-29(6)20-27(4)18-25(2)13-11-15-32/h25-31H,9-24H2,1-8H3. The number of hydrogen-bond donors (Lipinski definition) is 0. The maximum atomic E-state index is 5.61. The van der Waals surface area contributed by atoms with Crippen LogP contribution in [0.4, 0.5) is 0 Å². The molecule has 206 valence electrons. The van der Waals surface area contributed by atoms with E-state index in [1.807, 2.05) is 0 Å². The van der Waals surface area contributed by atoms with Gasteiger partial charge in [0.05, 0.1) is 0 Å². The third kappa shape index (κ3) is 21.9. The zero-order valence-electron chi connectivity index (χ0n) is 24.5. The van der Waals surface area contributed by atoms with Gasteiger partial charge in [0.25, 0.3) is 0 Å². The van der Waals surface area contributed by atoms with Crippen LogP contribution in [-0.2, 0) is 9.47 Å². The molecule has 0 radical (unpaired) electrons. The Labute approximate surface area is 229 Å². The van der Waals surface area contributed by atoms with Gasteiger partial charge in [-0.25, -0.2) is 0 Å². The van der Waals surface area contributed by atoms with Gasteiger partial charge in [-0.15, -0.1) is 0 Å². The van der Waals surface area contributed by atoms with Crippen molar-refractivity contribution in [1.29, 1.82) is 0 Å². The summed E-state index contributed by atoms with van der Waals surface area (Å²) >= 11 is 2.51. The molecule has 0 heterocycles. The van der Waals surface area contributed by atoms with E-state index >= 15 is 0 Å². The molecule has 34 heavy (non-hydrogen) atoms. The third-order valence-electron chi connectivity index (χ3n) is 7.45. The minimum absolute atomic E-state index is 0.468. The van der Waals surface area contributed by atoms with E-state index in [0.717, 1.165) is 67.5 Å². The minimum atomic E-state index is 0.468. The highest BCUT2D eigenvalue weighted by Crippen LogP contribution is 2.30. The van der Waals surface area contributed by atoms with Crippen LogP contribution in [0.15, 0.2) is 0 Å². The zero-order valence-corrected chi connectivity index (χ0v) is 26.7. The first-order valence-corrected chi connectivity index (χ1v) is 16.4. The number of rotatable bonds is 24. The summed E-state index contributed by atoms with van der Waals surface area (Å²) in [7, 11) is 0. The van der Waals surface area contributed by atoms with E-state index in [2.05, 4.69) is 78.0 Å². The lowest BCUT2D eigenvalue weighted by atomic mass is 9.80. The Morgan fingerprint density at radius 2 is 0.853 bits per heavy atom. The predicted octanol–water partition coefficient (Wildman–Crippen LogP) is 10.6. The zero-order chi connectivity index (χ0) is 25.8. The number of halogens is 1. The summed E-state index contributed by atoms with van der Waals surface area (Å²) in [5, 5.41) is 0. The molecule has 0 aromatic heterocycles. The van der Waals surface area contributed by atoms with Crippen LogP contribution in [0.1, 0.15) is 132 Å². The molecule has 0 aromatic rings. The average Bonchev–Trinajstić information content (AvgIpc) is 2.73. The number of hydrogen-bond acceptors (Lipinski definition) is 2. The van der Waals surface area contributed by atoms with E-state index in [0.29, 0.717) is 6.79 Å². The summed E-state index contributed by atoms with van der Waals surface area (Å²) in [4.78, 5) is 0. The van der Waals surface area contributed by atoms with Crippen molar-refractivity contribution in [2.24, 2.45) is 41.4 Å². The first-order chi connectivity index (χ1) is 16.2. The molecule has 0 spiro atoms. The van der Waals surface area contributed by atoms with Crippen molar-refractivity contribution in [1.82, 2.24) is 0 Å². The molecular weight excluding hydrogens is 531 g/mol. The summed E-state index contributed by atoms with van der Waals surface area (Å²) < 4.78 is 12.4. The second-order valence-electron chi connectivity index (χ2n) is 12.4. The second kappa shape index (κ2) is 22.8. The summed E-state index contributed by atoms with van der Waals surface area (Å²) in [6, 6.07) is 0. The van der Waals surface area contributed by atoms with Crippen LogP contribution >= 0.6 is 22.6 Å². The van der Waals surface area contributed by atoms with Crippen LogP contribution in [0.25, 0.3) is 0 Å². The highest BCUT2D eigenvalue weighted by molar-refractivity contribution is 14.1. The largest absolute Gasteiger partial charge is 0.355 e. The molecule has 0 fully saturated rings. The van der Waals surface area contributed by atoms with Gasteiger partial charge in [-0.1, -0.05) is 84.4 Å². The first kappa shape index (κ1) is 34.6. The highest BCUT2D eigenvalue weighted by Gasteiger charge is 2.18. The lowest BCUT2D eigenvalue weighted by molar-refractivity contribution is -0.0558. The van der Waals surface area contributed by atoms with E-state index in [-0.39, 0.29) is 0 Å². The SMILES string of the molecule is CCCCOCOCCCC(C)CC(C)CC(C)CC(C)CC(C)CC(C)CC(C)CCCI. The van der Waals surface area contributed by atoms with Gasteiger partial charge >= 0.3 is 0 Å². The third-order valence-corrected chi connectivity index (χ3v) is 8.22. The summed E-state index contributed by atoms with van der Waals surface area (Å²) in [5.74, 6) is 5.97. The van der Waals surface area contributed by atoms with E-state index in [1.54, 1.807) is 0 Å². The van der Waals surface area contributed by atoms with Gasteiger partial charge in [-0.05, 0) is 116 Å². The molecule has 0 aliphatic rings. The summed E-state index contributed by atoms with van der Waals surface area (Å²) in [6.45, 7) is 21.7. The number of ether oxygens (including phenoxy) is 2. The van der Waals surface area contributed by atoms with Crippen LogP contribution in [-0.4, -0.2) is 24.4 Å². The van der Waals surface area contributed by atoms with E-state index < -0.39 is 0 Å². The molecule has 0 rings (SSSR count). The Hall–Kier alpha value is 0.650. The van der Waals surface area contributed by atoms with E-state index in [1.165, 1.54) is 68.6 Å². The van der Waals surface area contributed by atoms with Gasteiger partial charge in [0.15, 0.2) is 0 Å². The molecule has 0 aromatic carbocycles. The second-order valence-corrected chi connectivity index (χ2v) is 13.5. The van der Waals surface area contributed by atoms with Crippen LogP contribution in [0, 0.1) is 41.4 Å². The Kier molecular flexibility index (Phi) is 23.3. The maximum Gasteiger partial charge on any atom is 0.146 e. The molecule has 7 atom stereocenters.